The number of hydrogen-bond acceptors (Lipinski definition) is 3. The Balaban J connectivity index is 1.51. The predicted molar refractivity (Wildman–Crippen MR) is 115 cm³/mol. The van der Waals surface area contributed by atoms with Gasteiger partial charge in [-0.3, -0.25) is 4.79 Å². The van der Waals surface area contributed by atoms with Gasteiger partial charge in [-0.25, -0.2) is 0 Å². The highest BCUT2D eigenvalue weighted by Gasteiger charge is 2.05. The van der Waals surface area contributed by atoms with Gasteiger partial charge in [0.1, 0.15) is 5.75 Å². The quantitative estimate of drug-likeness (QED) is 0.594. The third-order valence-corrected chi connectivity index (χ3v) is 4.61. The van der Waals surface area contributed by atoms with Crippen molar-refractivity contribution in [3.05, 3.63) is 89.0 Å². The lowest BCUT2D eigenvalue weighted by atomic mass is 10.1. The maximum atomic E-state index is 12.1. The molecule has 0 radical (unpaired) electrons. The van der Waals surface area contributed by atoms with Crippen molar-refractivity contribution >= 4 is 17.3 Å². The number of ether oxygens (including phenoxy) is 1. The fourth-order valence-electron chi connectivity index (χ4n) is 2.78. The summed E-state index contributed by atoms with van der Waals surface area (Å²) in [6.45, 7) is 6.89. The van der Waals surface area contributed by atoms with E-state index in [0.717, 1.165) is 22.5 Å². The number of carbonyl (C=O) groups excluding carboxylic acids is 1. The lowest BCUT2D eigenvalue weighted by Crippen LogP contribution is -2.20. The maximum absolute atomic E-state index is 12.1. The Bertz CT molecular complexity index is 949. The number of amides is 1. The van der Waals surface area contributed by atoms with Crippen LogP contribution in [0.1, 0.15) is 22.3 Å². The molecule has 4 heteroatoms. The minimum absolute atomic E-state index is 0.0259. The zero-order valence-electron chi connectivity index (χ0n) is 16.6. The molecule has 3 rings (SSSR count). The average molecular weight is 374 g/mol. The van der Waals surface area contributed by atoms with Crippen molar-refractivity contribution < 1.29 is 9.53 Å². The minimum Gasteiger partial charge on any atom is -0.484 e. The summed E-state index contributed by atoms with van der Waals surface area (Å²) in [6, 6.07) is 21.8. The molecule has 0 fully saturated rings. The largest absolute Gasteiger partial charge is 0.484 e. The van der Waals surface area contributed by atoms with Crippen LogP contribution in [0.3, 0.4) is 0 Å². The van der Waals surface area contributed by atoms with Crippen molar-refractivity contribution in [3.63, 3.8) is 0 Å². The molecule has 0 heterocycles. The summed E-state index contributed by atoms with van der Waals surface area (Å²) in [6.07, 6.45) is 0. The Kier molecular flexibility index (Phi) is 6.33. The Morgan fingerprint density at radius 1 is 0.857 bits per heavy atom. The summed E-state index contributed by atoms with van der Waals surface area (Å²) in [5.41, 5.74) is 6.65. The second-order valence-electron chi connectivity index (χ2n) is 7.00. The van der Waals surface area contributed by atoms with Gasteiger partial charge >= 0.3 is 0 Å². The molecule has 0 saturated carbocycles. The van der Waals surface area contributed by atoms with Crippen molar-refractivity contribution in [2.75, 3.05) is 17.2 Å². The molecule has 3 aromatic rings. The molecule has 0 aliphatic heterocycles. The first-order valence-electron chi connectivity index (χ1n) is 9.39. The topological polar surface area (TPSA) is 50.4 Å². The lowest BCUT2D eigenvalue weighted by Gasteiger charge is -2.11. The van der Waals surface area contributed by atoms with Crippen molar-refractivity contribution in [2.45, 2.75) is 27.3 Å². The number of anilines is 2. The van der Waals surface area contributed by atoms with Gasteiger partial charge < -0.3 is 15.4 Å². The van der Waals surface area contributed by atoms with Gasteiger partial charge in [0.15, 0.2) is 6.61 Å². The second-order valence-corrected chi connectivity index (χ2v) is 7.00. The van der Waals surface area contributed by atoms with E-state index in [0.29, 0.717) is 12.3 Å². The fourth-order valence-corrected chi connectivity index (χ4v) is 2.78. The van der Waals surface area contributed by atoms with Gasteiger partial charge in [0, 0.05) is 17.9 Å². The van der Waals surface area contributed by atoms with Gasteiger partial charge in [0.05, 0.1) is 0 Å². The summed E-state index contributed by atoms with van der Waals surface area (Å²) in [5, 5.41) is 6.26. The minimum atomic E-state index is -0.178. The van der Waals surface area contributed by atoms with Gasteiger partial charge in [0.25, 0.3) is 5.91 Å². The first kappa shape index (κ1) is 19.5. The third-order valence-electron chi connectivity index (χ3n) is 4.61. The Hall–Kier alpha value is -3.27. The van der Waals surface area contributed by atoms with Gasteiger partial charge in [-0.05, 0) is 73.9 Å². The summed E-state index contributed by atoms with van der Waals surface area (Å²) in [5.74, 6) is 0.501. The average Bonchev–Trinajstić information content (AvgIpc) is 2.69. The number of aryl methyl sites for hydroxylation is 3. The van der Waals surface area contributed by atoms with Gasteiger partial charge in [-0.2, -0.15) is 0 Å². The van der Waals surface area contributed by atoms with E-state index in [4.69, 9.17) is 4.74 Å². The molecule has 0 aliphatic rings. The molecule has 0 atom stereocenters. The van der Waals surface area contributed by atoms with Crippen LogP contribution < -0.4 is 15.4 Å². The van der Waals surface area contributed by atoms with Crippen LogP contribution in [0.2, 0.25) is 0 Å². The van der Waals surface area contributed by atoms with Crippen molar-refractivity contribution in [1.29, 1.82) is 0 Å². The van der Waals surface area contributed by atoms with Crippen LogP contribution in [-0.2, 0) is 11.3 Å². The molecule has 1 amide bonds. The van der Waals surface area contributed by atoms with E-state index in [2.05, 4.69) is 42.7 Å². The van der Waals surface area contributed by atoms with E-state index in [1.165, 1.54) is 11.1 Å². The number of hydrogen-bond donors (Lipinski definition) is 2. The molecule has 4 nitrogen and oxygen atoms in total. The molecule has 0 bridgehead atoms. The molecule has 144 valence electrons. The van der Waals surface area contributed by atoms with Crippen LogP contribution in [0, 0.1) is 20.8 Å². The monoisotopic (exact) mass is 374 g/mol. The molecular weight excluding hydrogens is 348 g/mol. The smallest absolute Gasteiger partial charge is 0.262 e. The highest BCUT2D eigenvalue weighted by molar-refractivity contribution is 5.91. The fraction of sp³-hybridized carbons (Fsp3) is 0.208. The summed E-state index contributed by atoms with van der Waals surface area (Å²) >= 11 is 0. The molecule has 0 unspecified atom stereocenters. The van der Waals surface area contributed by atoms with E-state index in [-0.39, 0.29) is 12.5 Å². The van der Waals surface area contributed by atoms with Gasteiger partial charge in [-0.1, -0.05) is 35.9 Å². The summed E-state index contributed by atoms with van der Waals surface area (Å²) < 4.78 is 5.65. The standard InChI is InChI=1S/C24H26N2O2/c1-17-7-10-21(11-8-17)26-24(27)16-28-23-6-4-5-20(14-23)15-25-22-12-9-18(2)19(3)13-22/h4-14,25H,15-16H2,1-3H3,(H,26,27). The first-order valence-corrected chi connectivity index (χ1v) is 9.39. The second kappa shape index (κ2) is 9.09. The molecule has 0 spiro atoms. The van der Waals surface area contributed by atoms with E-state index >= 15 is 0 Å². The Labute approximate surface area is 166 Å². The van der Waals surface area contributed by atoms with Crippen LogP contribution in [0.15, 0.2) is 66.7 Å². The SMILES string of the molecule is Cc1ccc(NC(=O)COc2cccc(CNc3ccc(C)c(C)c3)c2)cc1. The van der Waals surface area contributed by atoms with Crippen LogP contribution in [0.25, 0.3) is 0 Å². The summed E-state index contributed by atoms with van der Waals surface area (Å²) in [7, 11) is 0. The predicted octanol–water partition coefficient (Wildman–Crippen LogP) is 5.24. The molecule has 0 saturated heterocycles. The Morgan fingerprint density at radius 2 is 1.61 bits per heavy atom. The molecular formula is C24H26N2O2. The van der Waals surface area contributed by atoms with Gasteiger partial charge in [-0.15, -0.1) is 0 Å². The normalized spacial score (nSPS) is 10.4. The lowest BCUT2D eigenvalue weighted by molar-refractivity contribution is -0.118. The summed E-state index contributed by atoms with van der Waals surface area (Å²) in [4.78, 5) is 12.1. The maximum Gasteiger partial charge on any atom is 0.262 e. The highest BCUT2D eigenvalue weighted by Crippen LogP contribution is 2.18. The zero-order valence-corrected chi connectivity index (χ0v) is 16.6. The molecule has 0 aromatic heterocycles. The highest BCUT2D eigenvalue weighted by atomic mass is 16.5. The third kappa shape index (κ3) is 5.61. The van der Waals surface area contributed by atoms with E-state index < -0.39 is 0 Å². The number of rotatable bonds is 7. The molecule has 0 aliphatic carbocycles. The zero-order chi connectivity index (χ0) is 19.9. The molecule has 2 N–H and O–H groups in total. The number of benzene rings is 3. The van der Waals surface area contributed by atoms with Crippen LogP contribution in [0.5, 0.6) is 5.75 Å². The number of nitrogens with one attached hydrogen (secondary N) is 2. The van der Waals surface area contributed by atoms with Crippen molar-refractivity contribution in [1.82, 2.24) is 0 Å². The van der Waals surface area contributed by atoms with Crippen LogP contribution in [0.4, 0.5) is 11.4 Å². The van der Waals surface area contributed by atoms with E-state index in [1.54, 1.807) is 0 Å². The van der Waals surface area contributed by atoms with Gasteiger partial charge in [0.2, 0.25) is 0 Å². The van der Waals surface area contributed by atoms with Crippen molar-refractivity contribution in [2.24, 2.45) is 0 Å². The van der Waals surface area contributed by atoms with E-state index in [9.17, 15) is 4.79 Å². The Morgan fingerprint density at radius 3 is 2.36 bits per heavy atom. The van der Waals surface area contributed by atoms with Crippen molar-refractivity contribution in [3.8, 4) is 5.75 Å². The first-order chi connectivity index (χ1) is 13.5. The van der Waals surface area contributed by atoms with Crippen LogP contribution >= 0.6 is 0 Å². The van der Waals surface area contributed by atoms with E-state index in [1.807, 2.05) is 55.5 Å². The number of carbonyl (C=O) groups is 1. The van der Waals surface area contributed by atoms with Crippen LogP contribution in [-0.4, -0.2) is 12.5 Å². The molecule has 3 aromatic carbocycles. The molecule has 28 heavy (non-hydrogen) atoms.